The van der Waals surface area contributed by atoms with Crippen molar-refractivity contribution in [3.63, 3.8) is 0 Å². The fraction of sp³-hybridized carbons (Fsp3) is 0.450. The molecule has 5 heteroatoms. The van der Waals surface area contributed by atoms with Crippen LogP contribution in [-0.4, -0.2) is 48.5 Å². The number of fused-ring (bicyclic) bond motifs is 2. The molecule has 1 aliphatic carbocycles. The first kappa shape index (κ1) is 16.9. The predicted molar refractivity (Wildman–Crippen MR) is 105 cm³/mol. The van der Waals surface area contributed by atoms with Crippen molar-refractivity contribution in [2.75, 3.05) is 26.7 Å². The summed E-state index contributed by atoms with van der Waals surface area (Å²) < 4.78 is 1.10. The van der Waals surface area contributed by atoms with Crippen molar-refractivity contribution in [2.24, 2.45) is 5.92 Å². The van der Waals surface area contributed by atoms with Crippen molar-refractivity contribution in [3.05, 3.63) is 40.0 Å². The van der Waals surface area contributed by atoms with E-state index in [1.54, 1.807) is 0 Å². The Morgan fingerprint density at radius 1 is 1.36 bits per heavy atom. The second kappa shape index (κ2) is 6.29. The molecule has 1 aromatic heterocycles. The van der Waals surface area contributed by atoms with Crippen LogP contribution in [0.1, 0.15) is 25.0 Å². The summed E-state index contributed by atoms with van der Waals surface area (Å²) in [5.41, 5.74) is 5.19. The van der Waals surface area contributed by atoms with E-state index in [1.807, 2.05) is 4.90 Å². The Morgan fingerprint density at radius 3 is 2.84 bits per heavy atom. The van der Waals surface area contributed by atoms with Gasteiger partial charge in [-0.25, -0.2) is 0 Å². The van der Waals surface area contributed by atoms with Gasteiger partial charge in [0, 0.05) is 36.0 Å². The molecule has 0 radical (unpaired) electrons. The highest BCUT2D eigenvalue weighted by Gasteiger charge is 2.40. The molecule has 1 aromatic carbocycles. The lowest BCUT2D eigenvalue weighted by Gasteiger charge is -2.37. The van der Waals surface area contributed by atoms with Gasteiger partial charge in [-0.1, -0.05) is 18.2 Å². The van der Waals surface area contributed by atoms with E-state index in [1.165, 1.54) is 32.5 Å². The average Bonchev–Trinajstić information content (AvgIpc) is 2.93. The molecule has 0 saturated carbocycles. The molecule has 4 nitrogen and oxygen atoms in total. The van der Waals surface area contributed by atoms with E-state index < -0.39 is 0 Å². The Morgan fingerprint density at radius 2 is 2.12 bits per heavy atom. The summed E-state index contributed by atoms with van der Waals surface area (Å²) in [5.74, 6) is 0.244. The van der Waals surface area contributed by atoms with E-state index in [2.05, 4.69) is 66.1 Å². The fourth-order valence-electron chi connectivity index (χ4n) is 4.56. The lowest BCUT2D eigenvalue weighted by molar-refractivity contribution is -0.900. The molecule has 3 atom stereocenters. The Hall–Kier alpha value is -1.59. The van der Waals surface area contributed by atoms with Crippen molar-refractivity contribution in [1.29, 1.82) is 0 Å². The summed E-state index contributed by atoms with van der Waals surface area (Å²) in [6, 6.07) is 6.87. The number of aromatic amines is 1. The highest BCUT2D eigenvalue weighted by atomic mass is 79.9. The molecule has 2 heterocycles. The average molecular weight is 403 g/mol. The molecule has 0 fully saturated rings. The summed E-state index contributed by atoms with van der Waals surface area (Å²) in [6.45, 7) is 6.55. The molecule has 1 unspecified atom stereocenters. The number of nitrogens with one attached hydrogen (secondary N) is 2. The minimum Gasteiger partial charge on any atom is -0.349 e. The zero-order valence-electron chi connectivity index (χ0n) is 15.0. The number of carbonyl (C=O) groups excluding carboxylic acids is 1. The molecule has 0 bridgehead atoms. The summed E-state index contributed by atoms with van der Waals surface area (Å²) in [5, 5.41) is 1.32. The molecule has 1 amide bonds. The first-order chi connectivity index (χ1) is 12.0. The van der Waals surface area contributed by atoms with E-state index in [9.17, 15) is 4.79 Å². The molecule has 0 spiro atoms. The Bertz CT molecular complexity index is 865. The van der Waals surface area contributed by atoms with E-state index in [0.29, 0.717) is 6.04 Å². The van der Waals surface area contributed by atoms with Gasteiger partial charge in [-0.05, 0) is 47.0 Å². The van der Waals surface area contributed by atoms with Gasteiger partial charge in [0.05, 0.1) is 18.2 Å². The third kappa shape index (κ3) is 2.56. The lowest BCUT2D eigenvalue weighted by atomic mass is 9.79. The van der Waals surface area contributed by atoms with Gasteiger partial charge in [0.2, 0.25) is 5.91 Å². The lowest BCUT2D eigenvalue weighted by Crippen LogP contribution is -3.15. The highest BCUT2D eigenvalue weighted by Crippen LogP contribution is 2.40. The number of likely N-dealkylation sites (N-methyl/N-ethyl adjacent to an activating group) is 1. The molecule has 25 heavy (non-hydrogen) atoms. The van der Waals surface area contributed by atoms with Crippen LogP contribution in [0.2, 0.25) is 0 Å². The molecule has 132 valence electrons. The van der Waals surface area contributed by atoms with Gasteiger partial charge in [0.25, 0.3) is 0 Å². The quantitative estimate of drug-likeness (QED) is 0.811. The number of amides is 1. The van der Waals surface area contributed by atoms with Crippen LogP contribution in [0.3, 0.4) is 0 Å². The van der Waals surface area contributed by atoms with Crippen LogP contribution in [0.15, 0.2) is 28.9 Å². The minimum absolute atomic E-state index is 0.0228. The Labute approximate surface area is 157 Å². The van der Waals surface area contributed by atoms with Gasteiger partial charge < -0.3 is 14.8 Å². The number of hydrogen-bond acceptors (Lipinski definition) is 1. The molecular weight excluding hydrogens is 378 g/mol. The monoisotopic (exact) mass is 402 g/mol. The number of aromatic nitrogens is 1. The van der Waals surface area contributed by atoms with Gasteiger partial charge in [0.1, 0.15) is 12.0 Å². The maximum absolute atomic E-state index is 12.9. The molecule has 2 N–H and O–H groups in total. The van der Waals surface area contributed by atoms with Crippen LogP contribution in [0.25, 0.3) is 16.5 Å². The largest absolute Gasteiger partial charge is 0.349 e. The first-order valence-electron chi connectivity index (χ1n) is 9.17. The second-order valence-electron chi connectivity index (χ2n) is 7.19. The van der Waals surface area contributed by atoms with Crippen LogP contribution in [0.5, 0.6) is 0 Å². The normalized spacial score (nSPS) is 24.8. The van der Waals surface area contributed by atoms with Crippen LogP contribution < -0.4 is 4.90 Å². The molecule has 4 rings (SSSR count). The van der Waals surface area contributed by atoms with Crippen LogP contribution in [0, 0.1) is 5.92 Å². The van der Waals surface area contributed by atoms with Crippen molar-refractivity contribution < 1.29 is 9.69 Å². The van der Waals surface area contributed by atoms with E-state index in [-0.39, 0.29) is 11.8 Å². The van der Waals surface area contributed by atoms with Gasteiger partial charge in [-0.3, -0.25) is 4.79 Å². The number of H-pyrrole nitrogens is 1. The summed E-state index contributed by atoms with van der Waals surface area (Å²) >= 11 is 3.70. The fourth-order valence-corrected chi connectivity index (χ4v) is 5.13. The maximum Gasteiger partial charge on any atom is 0.235 e. The number of benzene rings is 1. The van der Waals surface area contributed by atoms with Gasteiger partial charge in [-0.15, -0.1) is 0 Å². The Balaban J connectivity index is 1.83. The highest BCUT2D eigenvalue weighted by molar-refractivity contribution is 9.10. The summed E-state index contributed by atoms with van der Waals surface area (Å²) in [4.78, 5) is 19.8. The number of rotatable bonds is 3. The molecule has 0 saturated heterocycles. The number of carbonyl (C=O) groups is 1. The molecular formula is C20H25BrN3O+. The second-order valence-corrected chi connectivity index (χ2v) is 7.98. The summed E-state index contributed by atoms with van der Waals surface area (Å²) in [6.07, 6.45) is 3.28. The molecule has 2 aliphatic rings. The Kier molecular flexibility index (Phi) is 4.24. The van der Waals surface area contributed by atoms with E-state index in [0.717, 1.165) is 30.7 Å². The maximum atomic E-state index is 12.9. The predicted octanol–water partition coefficient (Wildman–Crippen LogP) is 2.25. The number of hydrogen-bond donors (Lipinski definition) is 2. The van der Waals surface area contributed by atoms with Crippen LogP contribution in [-0.2, 0) is 11.2 Å². The number of nitrogens with zero attached hydrogens (tertiary/aromatic N) is 1. The van der Waals surface area contributed by atoms with Gasteiger partial charge in [-0.2, -0.15) is 0 Å². The smallest absolute Gasteiger partial charge is 0.235 e. The van der Waals surface area contributed by atoms with Crippen molar-refractivity contribution in [2.45, 2.75) is 26.3 Å². The third-order valence-corrected chi connectivity index (χ3v) is 6.56. The topological polar surface area (TPSA) is 40.5 Å². The number of quaternary nitrogens is 1. The zero-order valence-corrected chi connectivity index (χ0v) is 16.6. The minimum atomic E-state index is -0.0228. The van der Waals surface area contributed by atoms with Crippen molar-refractivity contribution >= 4 is 38.3 Å². The van der Waals surface area contributed by atoms with Crippen LogP contribution in [0.4, 0.5) is 0 Å². The summed E-state index contributed by atoms with van der Waals surface area (Å²) in [7, 11) is 2.23. The number of halogens is 1. The SMILES string of the molecule is CCN(CC)C(=O)[C@@H]1C=C2c3cccc4[nH]c(Br)c(c34)C[C@H]2[NH+](C)C1. The van der Waals surface area contributed by atoms with Gasteiger partial charge >= 0.3 is 0 Å². The zero-order chi connectivity index (χ0) is 17.7. The first-order valence-corrected chi connectivity index (χ1v) is 9.96. The van der Waals surface area contributed by atoms with Crippen molar-refractivity contribution in [3.8, 4) is 0 Å². The van der Waals surface area contributed by atoms with E-state index in [4.69, 9.17) is 0 Å². The molecule has 2 aromatic rings. The van der Waals surface area contributed by atoms with E-state index >= 15 is 0 Å². The van der Waals surface area contributed by atoms with Crippen LogP contribution >= 0.6 is 15.9 Å². The standard InChI is InChI=1S/C20H24BrN3O/c1-4-24(5-2)20(25)12-9-14-13-7-6-8-16-18(13)15(19(21)22-16)10-17(14)23(3)11-12/h6-9,12,17,22H,4-5,10-11H2,1-3H3/p+1/t12-,17-/m1/s1. The van der Waals surface area contributed by atoms with Gasteiger partial charge in [0.15, 0.2) is 0 Å². The third-order valence-electron chi connectivity index (χ3n) is 5.88. The van der Waals surface area contributed by atoms with Crippen molar-refractivity contribution in [1.82, 2.24) is 9.88 Å². The molecule has 1 aliphatic heterocycles.